The molecule has 4 nitrogen and oxygen atoms in total. The molecule has 2 N–H and O–H groups in total. The van der Waals surface area contributed by atoms with E-state index in [9.17, 15) is 13.2 Å². The number of nitrogens with one attached hydrogen (secondary N) is 2. The van der Waals surface area contributed by atoms with Gasteiger partial charge in [-0.1, -0.05) is 6.07 Å². The summed E-state index contributed by atoms with van der Waals surface area (Å²) in [5.41, 5.74) is 1.77. The molecular weight excluding hydrogens is 356 g/mol. The Morgan fingerprint density at radius 2 is 1.81 bits per heavy atom. The summed E-state index contributed by atoms with van der Waals surface area (Å²) < 4.78 is 50.1. The molecule has 2 fully saturated rings. The number of rotatable bonds is 5. The van der Waals surface area contributed by atoms with E-state index in [1.807, 2.05) is 40.7 Å². The van der Waals surface area contributed by atoms with Crippen molar-refractivity contribution in [2.45, 2.75) is 70.2 Å². The fraction of sp³-hybridized carbons (Fsp3) is 0.632. The van der Waals surface area contributed by atoms with Crippen LogP contribution in [0, 0.1) is 12.3 Å². The first-order chi connectivity index (χ1) is 12.3. The largest absolute Gasteiger partial charge is 0.461 e. The minimum atomic E-state index is -4.31. The van der Waals surface area contributed by atoms with E-state index < -0.39 is 23.9 Å². The van der Waals surface area contributed by atoms with Gasteiger partial charge in [-0.05, 0) is 64.2 Å². The zero-order valence-corrected chi connectivity index (χ0v) is 16.3. The Kier molecular flexibility index (Phi) is 4.88. The van der Waals surface area contributed by atoms with Gasteiger partial charge in [0.2, 0.25) is 0 Å². The van der Waals surface area contributed by atoms with Gasteiger partial charge in [0.15, 0.2) is 0 Å². The normalized spacial score (nSPS) is 26.1. The van der Waals surface area contributed by atoms with Crippen molar-refractivity contribution in [3.63, 3.8) is 0 Å². The van der Waals surface area contributed by atoms with Gasteiger partial charge in [0, 0.05) is 23.3 Å². The van der Waals surface area contributed by atoms with Crippen LogP contribution in [0.1, 0.15) is 56.7 Å². The third kappa shape index (κ3) is 4.01. The van der Waals surface area contributed by atoms with Crippen molar-refractivity contribution >= 4 is 19.0 Å². The minimum absolute atomic E-state index is 0.185. The molecule has 8 heteroatoms. The van der Waals surface area contributed by atoms with Crippen LogP contribution in [-0.4, -0.2) is 37.3 Å². The Labute approximate surface area is 158 Å². The average molecular weight is 382 g/mol. The first-order valence-electron chi connectivity index (χ1n) is 9.16. The van der Waals surface area contributed by atoms with Crippen LogP contribution in [0.25, 0.3) is 0 Å². The lowest BCUT2D eigenvalue weighted by atomic mass is 9.79. The molecule has 1 aliphatic heterocycles. The minimum Gasteiger partial charge on any atom is -0.403 e. The lowest BCUT2D eigenvalue weighted by molar-refractivity contribution is -0.115. The molecule has 1 saturated heterocycles. The highest BCUT2D eigenvalue weighted by atomic mass is 19.4. The maximum Gasteiger partial charge on any atom is 0.461 e. The number of hydrogen-bond acceptors (Lipinski definition) is 4. The van der Waals surface area contributed by atoms with Gasteiger partial charge >= 0.3 is 13.3 Å². The summed E-state index contributed by atoms with van der Waals surface area (Å²) in [4.78, 5) is 0. The molecular formula is C19H26BF3N2O2. The van der Waals surface area contributed by atoms with Crippen molar-refractivity contribution in [1.82, 2.24) is 0 Å². The molecule has 1 heterocycles. The van der Waals surface area contributed by atoms with Gasteiger partial charge in [0.05, 0.1) is 11.2 Å². The summed E-state index contributed by atoms with van der Waals surface area (Å²) in [7, 11) is -0.311. The smallest absolute Gasteiger partial charge is 0.403 e. The van der Waals surface area contributed by atoms with E-state index in [1.165, 1.54) is 0 Å². The maximum absolute atomic E-state index is 12.6. The van der Waals surface area contributed by atoms with Gasteiger partial charge in [-0.25, -0.2) is 0 Å². The molecule has 0 amide bonds. The standard InChI is InChI=1S/C19H26BF3N2O2/c1-11-6-12(7-16(14(11)9-24)25-10-19(21,22)23)13-8-15(13)20-26-17(2,3)18(4,5)27-20/h6-7,9,13,15,24-25H,8,10H2,1-5H3/t13-,15+/m1/s1. The van der Waals surface area contributed by atoms with Gasteiger partial charge < -0.3 is 20.0 Å². The van der Waals surface area contributed by atoms with Gasteiger partial charge in [-0.3, -0.25) is 0 Å². The highest BCUT2D eigenvalue weighted by molar-refractivity contribution is 6.49. The second kappa shape index (κ2) is 6.52. The summed E-state index contributed by atoms with van der Waals surface area (Å²) in [5.74, 6) is 0.372. The fourth-order valence-corrected chi connectivity index (χ4v) is 3.54. The van der Waals surface area contributed by atoms with Crippen LogP contribution in [0.15, 0.2) is 12.1 Å². The average Bonchev–Trinajstić information content (AvgIpc) is 3.27. The van der Waals surface area contributed by atoms with Crippen molar-refractivity contribution in [2.24, 2.45) is 0 Å². The first kappa shape index (κ1) is 20.2. The molecule has 2 atom stereocenters. The van der Waals surface area contributed by atoms with Crippen LogP contribution in [0.4, 0.5) is 18.9 Å². The van der Waals surface area contributed by atoms with E-state index in [1.54, 1.807) is 6.07 Å². The summed E-state index contributed by atoms with van der Waals surface area (Å²) in [6.45, 7) is 8.72. The number of anilines is 1. The van der Waals surface area contributed by atoms with E-state index in [4.69, 9.17) is 14.7 Å². The van der Waals surface area contributed by atoms with Gasteiger partial charge in [0.1, 0.15) is 6.54 Å². The molecule has 1 aromatic rings. The van der Waals surface area contributed by atoms with Crippen molar-refractivity contribution in [3.8, 4) is 0 Å². The van der Waals surface area contributed by atoms with E-state index in [0.29, 0.717) is 11.3 Å². The SMILES string of the molecule is Cc1cc([C@H]2C[C@@H]2B2OC(C)(C)C(C)(C)O2)cc(NCC(F)(F)F)c1C=N. The third-order valence-electron chi connectivity index (χ3n) is 5.92. The Morgan fingerprint density at radius 1 is 1.22 bits per heavy atom. The molecule has 0 unspecified atom stereocenters. The number of halogens is 3. The van der Waals surface area contributed by atoms with E-state index in [0.717, 1.165) is 23.8 Å². The van der Waals surface area contributed by atoms with E-state index >= 15 is 0 Å². The number of aryl methyl sites for hydroxylation is 1. The molecule has 1 aromatic carbocycles. The van der Waals surface area contributed by atoms with E-state index in [-0.39, 0.29) is 18.9 Å². The predicted molar refractivity (Wildman–Crippen MR) is 101 cm³/mol. The van der Waals surface area contributed by atoms with Crippen molar-refractivity contribution < 1.29 is 22.5 Å². The molecule has 148 valence electrons. The fourth-order valence-electron chi connectivity index (χ4n) is 3.54. The number of benzene rings is 1. The second-order valence-corrected chi connectivity index (χ2v) is 8.54. The van der Waals surface area contributed by atoms with Crippen molar-refractivity contribution in [2.75, 3.05) is 11.9 Å². The molecule has 1 aliphatic carbocycles. The van der Waals surface area contributed by atoms with Crippen LogP contribution in [0.2, 0.25) is 5.82 Å². The Bertz CT molecular complexity index is 733. The molecule has 0 bridgehead atoms. The maximum atomic E-state index is 12.6. The van der Waals surface area contributed by atoms with Crippen LogP contribution < -0.4 is 5.32 Å². The molecule has 1 saturated carbocycles. The Balaban J connectivity index is 1.79. The van der Waals surface area contributed by atoms with Crippen molar-refractivity contribution in [3.05, 3.63) is 28.8 Å². The molecule has 0 aromatic heterocycles. The van der Waals surface area contributed by atoms with Crippen LogP contribution in [0.3, 0.4) is 0 Å². The van der Waals surface area contributed by atoms with E-state index in [2.05, 4.69) is 5.32 Å². The summed E-state index contributed by atoms with van der Waals surface area (Å²) in [6, 6.07) is 3.68. The van der Waals surface area contributed by atoms with Gasteiger partial charge in [0.25, 0.3) is 0 Å². The molecule has 0 spiro atoms. The first-order valence-corrected chi connectivity index (χ1v) is 9.16. The predicted octanol–water partition coefficient (Wildman–Crippen LogP) is 4.92. The summed E-state index contributed by atoms with van der Waals surface area (Å²) in [5, 5.41) is 9.97. The zero-order valence-electron chi connectivity index (χ0n) is 16.3. The van der Waals surface area contributed by atoms with Crippen LogP contribution >= 0.6 is 0 Å². The highest BCUT2D eigenvalue weighted by Gasteiger charge is 2.59. The molecule has 2 aliphatic rings. The monoisotopic (exact) mass is 382 g/mol. The summed E-state index contributed by atoms with van der Waals surface area (Å²) in [6.07, 6.45) is -2.34. The van der Waals surface area contributed by atoms with Crippen LogP contribution in [0.5, 0.6) is 0 Å². The zero-order chi connectivity index (χ0) is 20.2. The lowest BCUT2D eigenvalue weighted by Crippen LogP contribution is -2.41. The van der Waals surface area contributed by atoms with Gasteiger partial charge in [-0.2, -0.15) is 13.2 Å². The Hall–Kier alpha value is -1.54. The number of hydrogen-bond donors (Lipinski definition) is 2. The van der Waals surface area contributed by atoms with Gasteiger partial charge in [-0.15, -0.1) is 0 Å². The molecule has 27 heavy (non-hydrogen) atoms. The Morgan fingerprint density at radius 3 is 2.33 bits per heavy atom. The molecule has 3 rings (SSSR count). The topological polar surface area (TPSA) is 54.3 Å². The lowest BCUT2D eigenvalue weighted by Gasteiger charge is -2.32. The highest BCUT2D eigenvalue weighted by Crippen LogP contribution is 2.58. The third-order valence-corrected chi connectivity index (χ3v) is 5.92. The van der Waals surface area contributed by atoms with Crippen molar-refractivity contribution in [1.29, 1.82) is 5.41 Å². The number of alkyl halides is 3. The quantitative estimate of drug-likeness (QED) is 0.562. The summed E-state index contributed by atoms with van der Waals surface area (Å²) >= 11 is 0. The second-order valence-electron chi connectivity index (χ2n) is 8.54. The van der Waals surface area contributed by atoms with Crippen LogP contribution in [-0.2, 0) is 9.31 Å². The molecule has 0 radical (unpaired) electrons.